The molecular weight excluding hydrogens is 186 g/mol. The van der Waals surface area contributed by atoms with Crippen LogP contribution in [0.3, 0.4) is 0 Å². The smallest absolute Gasteiger partial charge is 0.255 e. The third-order valence-electron chi connectivity index (χ3n) is 0.286. The van der Waals surface area contributed by atoms with E-state index in [1.165, 1.54) is 0 Å². The molecule has 0 bridgehead atoms. The quantitative estimate of drug-likeness (QED) is 0.195. The Kier molecular flexibility index (Phi) is 3.69. The lowest BCUT2D eigenvalue weighted by atomic mass is 11.7. The molecule has 0 fully saturated rings. The molecule has 0 aliphatic carbocycles. The van der Waals surface area contributed by atoms with Crippen LogP contribution in [-0.2, 0) is 0 Å². The molecule has 0 saturated carbocycles. The number of halogens is 3. The molecule has 0 N–H and O–H groups in total. The Morgan fingerprint density at radius 1 is 1.50 bits per heavy atom. The Balaban J connectivity index is 3.55. The van der Waals surface area contributed by atoms with Crippen molar-refractivity contribution in [2.45, 2.75) is 3.42 Å². The number of rotatable bonds is 1. The van der Waals surface area contributed by atoms with Gasteiger partial charge in [-0.25, -0.2) is 0 Å². The molecule has 2 nitrogen and oxygen atoms in total. The van der Waals surface area contributed by atoms with Gasteiger partial charge in [-0.1, -0.05) is 34.8 Å². The first-order valence-corrected chi connectivity index (χ1v) is 3.78. The van der Waals surface area contributed by atoms with Crippen LogP contribution in [0.15, 0.2) is 0 Å². The highest BCUT2D eigenvalue weighted by molar-refractivity contribution is 6.96. The minimum absolute atomic E-state index is 0.104. The molecule has 0 unspecified atom stereocenters. The molecule has 44 valence electrons. The van der Waals surface area contributed by atoms with Gasteiger partial charge in [0.05, 0.1) is 0 Å². The van der Waals surface area contributed by atoms with Crippen LogP contribution in [0, 0.1) is 0 Å². The van der Waals surface area contributed by atoms with Crippen molar-refractivity contribution in [1.29, 1.82) is 0 Å². The van der Waals surface area contributed by atoms with Crippen LogP contribution in [0.25, 0.3) is 5.53 Å². The summed E-state index contributed by atoms with van der Waals surface area (Å²) in [5.74, 6) is 1.15. The minimum Gasteiger partial charge on any atom is -0.363 e. The zero-order valence-electron chi connectivity index (χ0n) is 3.61. The summed E-state index contributed by atoms with van der Waals surface area (Å²) >= 11 is 15.8. The van der Waals surface area contributed by atoms with Crippen molar-refractivity contribution in [2.75, 3.05) is 0 Å². The summed E-state index contributed by atoms with van der Waals surface area (Å²) in [5.41, 5.74) is 7.83. The third kappa shape index (κ3) is 6.47. The Bertz CT molecular complexity index is 113. The monoisotopic (exact) mass is 186 g/mol. The highest BCUT2D eigenvalue weighted by Gasteiger charge is 2.21. The second-order valence-corrected chi connectivity index (χ2v) is 5.42. The molecule has 8 heavy (non-hydrogen) atoms. The van der Waals surface area contributed by atoms with E-state index in [1.54, 1.807) is 0 Å². The van der Waals surface area contributed by atoms with Gasteiger partial charge in [0.2, 0.25) is 5.84 Å². The van der Waals surface area contributed by atoms with Gasteiger partial charge >= 0.3 is 0 Å². The van der Waals surface area contributed by atoms with Crippen molar-refractivity contribution in [1.82, 2.24) is 0 Å². The fourth-order valence-corrected chi connectivity index (χ4v) is 0.745. The molecule has 0 rings (SSSR count). The summed E-state index contributed by atoms with van der Waals surface area (Å²) in [5, 5.41) is 0. The molecule has 0 spiro atoms. The van der Waals surface area contributed by atoms with Crippen molar-refractivity contribution in [3.05, 3.63) is 5.53 Å². The molecule has 0 aliphatic rings. The Morgan fingerprint density at radius 3 is 2.12 bits per heavy atom. The van der Waals surface area contributed by atoms with E-state index in [9.17, 15) is 0 Å². The maximum absolute atomic E-state index is 7.83. The van der Waals surface area contributed by atoms with Crippen LogP contribution in [0.2, 0.25) is 0 Å². The second-order valence-electron chi connectivity index (χ2n) is 0.887. The topological polar surface area (TPSA) is 36.4 Å². The fourth-order valence-electron chi connectivity index (χ4n) is 0.102. The predicted octanol–water partition coefficient (Wildman–Crippen LogP) is 1.28. The fraction of sp³-hybridized carbons (Fsp3) is 0.500. The predicted molar refractivity (Wildman–Crippen MR) is 35.7 cm³/mol. The van der Waals surface area contributed by atoms with Crippen molar-refractivity contribution in [3.63, 3.8) is 0 Å². The average Bonchev–Trinajstić information content (AvgIpc) is 1.59. The largest absolute Gasteiger partial charge is 0.363 e. The van der Waals surface area contributed by atoms with Gasteiger partial charge in [0.1, 0.15) is 0 Å². The summed E-state index contributed by atoms with van der Waals surface area (Å²) in [6, 6.07) is 0. The van der Waals surface area contributed by atoms with E-state index in [1.807, 2.05) is 0 Å². The van der Waals surface area contributed by atoms with Crippen molar-refractivity contribution in [2.24, 2.45) is 0 Å². The van der Waals surface area contributed by atoms with Crippen LogP contribution in [0.5, 0.6) is 0 Å². The highest BCUT2D eigenvalue weighted by Crippen LogP contribution is 2.22. The lowest BCUT2D eigenvalue weighted by Crippen LogP contribution is -2.15. The summed E-state index contributed by atoms with van der Waals surface area (Å²) < 4.78 is -1.31. The SMILES string of the molecule is [N-]=[N+]=C[Si]C(Cl)(Cl)Cl. The Hall–Kier alpha value is 0.467. The first-order chi connectivity index (χ1) is 3.56. The average molecular weight is 187 g/mol. The molecule has 6 heteroatoms. The maximum atomic E-state index is 7.83. The van der Waals surface area contributed by atoms with Gasteiger partial charge < -0.3 is 5.53 Å². The Morgan fingerprint density at radius 2 is 2.00 bits per heavy atom. The molecule has 0 amide bonds. The zero-order valence-corrected chi connectivity index (χ0v) is 6.87. The standard InChI is InChI=1S/C2HCl3N2Si/c3-2(4,5)8-1-7-6/h1H. The molecule has 0 heterocycles. The second kappa shape index (κ2) is 3.48. The van der Waals surface area contributed by atoms with Gasteiger partial charge in [0, 0.05) is 0 Å². The number of alkyl halides is 3. The molecule has 0 saturated heterocycles. The van der Waals surface area contributed by atoms with E-state index in [4.69, 9.17) is 40.3 Å². The highest BCUT2D eigenvalue weighted by atomic mass is 35.6. The molecule has 0 aromatic heterocycles. The van der Waals surface area contributed by atoms with Gasteiger partial charge in [-0.15, -0.1) is 0 Å². The van der Waals surface area contributed by atoms with E-state index in [0.29, 0.717) is 0 Å². The first kappa shape index (κ1) is 8.47. The molecule has 2 radical (unpaired) electrons. The van der Waals surface area contributed by atoms with Crippen molar-refractivity contribution < 1.29 is 4.79 Å². The van der Waals surface area contributed by atoms with Crippen LogP contribution in [0.1, 0.15) is 0 Å². The van der Waals surface area contributed by atoms with E-state index in [2.05, 4.69) is 4.79 Å². The van der Waals surface area contributed by atoms with Crippen LogP contribution >= 0.6 is 34.8 Å². The van der Waals surface area contributed by atoms with Gasteiger partial charge in [0.15, 0.2) is 3.42 Å². The van der Waals surface area contributed by atoms with E-state index >= 15 is 0 Å². The van der Waals surface area contributed by atoms with Crippen LogP contribution in [-0.4, -0.2) is 23.6 Å². The van der Waals surface area contributed by atoms with Crippen LogP contribution < -0.4 is 0 Å². The van der Waals surface area contributed by atoms with E-state index in [0.717, 1.165) is 5.84 Å². The maximum Gasteiger partial charge on any atom is 0.255 e. The first-order valence-electron chi connectivity index (χ1n) is 1.56. The summed E-state index contributed by atoms with van der Waals surface area (Å²) in [7, 11) is -0.104. The van der Waals surface area contributed by atoms with Crippen LogP contribution in [0.4, 0.5) is 0 Å². The molecule has 0 aromatic carbocycles. The van der Waals surface area contributed by atoms with E-state index < -0.39 is 3.42 Å². The summed E-state index contributed by atoms with van der Waals surface area (Å²) in [6.45, 7) is 0. The van der Waals surface area contributed by atoms with Gasteiger partial charge in [-0.05, 0) is 0 Å². The number of hydrogen-bond acceptors (Lipinski definition) is 0. The third-order valence-corrected chi connectivity index (χ3v) is 1.84. The van der Waals surface area contributed by atoms with Gasteiger partial charge in [0.25, 0.3) is 9.52 Å². The van der Waals surface area contributed by atoms with Gasteiger partial charge in [-0.3, -0.25) is 0 Å². The van der Waals surface area contributed by atoms with Crippen molar-refractivity contribution in [3.8, 4) is 0 Å². The number of hydrogen-bond donors (Lipinski definition) is 0. The Labute approximate surface area is 64.2 Å². The summed E-state index contributed by atoms with van der Waals surface area (Å²) in [6.07, 6.45) is 0. The normalized spacial score (nSPS) is 10.4. The lowest BCUT2D eigenvalue weighted by Gasteiger charge is -1.98. The zero-order chi connectivity index (χ0) is 6.62. The van der Waals surface area contributed by atoms with Crippen molar-refractivity contribution >= 4 is 50.2 Å². The number of nitrogens with zero attached hydrogens (tertiary/aromatic N) is 2. The summed E-state index contributed by atoms with van der Waals surface area (Å²) in [4.78, 5) is 2.66. The molecule has 0 aromatic rings. The minimum atomic E-state index is -1.31. The van der Waals surface area contributed by atoms with Gasteiger partial charge in [-0.2, -0.15) is 4.79 Å². The molecule has 0 atom stereocenters. The molecule has 0 aliphatic heterocycles. The lowest BCUT2D eigenvalue weighted by molar-refractivity contribution is 0.00738. The van der Waals surface area contributed by atoms with E-state index in [-0.39, 0.29) is 9.52 Å². The molecular formula is C2HCl3N2Si.